The Kier molecular flexibility index (Phi) is 4.40. The third kappa shape index (κ3) is 3.22. The number of aromatic nitrogens is 2. The molecule has 115 valence electrons. The lowest BCUT2D eigenvalue weighted by Crippen LogP contribution is -2.17. The molecule has 0 aliphatic rings. The molecule has 8 nitrogen and oxygen atoms in total. The van der Waals surface area contributed by atoms with Gasteiger partial charge in [-0.2, -0.15) is 0 Å². The zero-order valence-corrected chi connectivity index (χ0v) is 12.0. The summed E-state index contributed by atoms with van der Waals surface area (Å²) in [4.78, 5) is 25.4. The molecule has 2 aromatic heterocycles. The maximum absolute atomic E-state index is 11.3. The second-order valence-electron chi connectivity index (χ2n) is 4.71. The van der Waals surface area contributed by atoms with Crippen LogP contribution in [0.15, 0.2) is 30.6 Å². The Hall–Kier alpha value is -2.90. The molecule has 2 rings (SSSR count). The molecule has 22 heavy (non-hydrogen) atoms. The van der Waals surface area contributed by atoms with Gasteiger partial charge >= 0.3 is 5.69 Å². The number of anilines is 2. The fourth-order valence-electron chi connectivity index (χ4n) is 1.98. The molecule has 0 aromatic carbocycles. The number of hydrogen-bond acceptors (Lipinski definition) is 6. The third-order valence-electron chi connectivity index (χ3n) is 3.17. The lowest BCUT2D eigenvalue weighted by Gasteiger charge is -2.19. The minimum Gasteiger partial charge on any atom is -0.378 e. The molecule has 3 N–H and O–H groups in total. The van der Waals surface area contributed by atoms with Crippen LogP contribution >= 0.6 is 0 Å². The fourth-order valence-corrected chi connectivity index (χ4v) is 1.98. The average molecular weight is 302 g/mol. The molecular weight excluding hydrogens is 286 g/mol. The van der Waals surface area contributed by atoms with Crippen molar-refractivity contribution >= 4 is 23.1 Å². The predicted molar refractivity (Wildman–Crippen MR) is 82.4 cm³/mol. The van der Waals surface area contributed by atoms with E-state index in [1.54, 1.807) is 23.0 Å². The van der Waals surface area contributed by atoms with E-state index in [2.05, 4.69) is 17.2 Å². The molecule has 1 atom stereocenters. The molecule has 0 saturated carbocycles. The first-order valence-corrected chi connectivity index (χ1v) is 6.57. The molecular formula is C14H16N5O3. The Morgan fingerprint density at radius 2 is 2.27 bits per heavy atom. The lowest BCUT2D eigenvalue weighted by atomic mass is 10.2. The average Bonchev–Trinajstić information content (AvgIpc) is 2.94. The molecule has 0 aliphatic carbocycles. The first-order chi connectivity index (χ1) is 10.4. The molecule has 0 fully saturated rings. The lowest BCUT2D eigenvalue weighted by molar-refractivity contribution is -0.384. The van der Waals surface area contributed by atoms with E-state index in [0.29, 0.717) is 17.8 Å². The number of nitrogen functional groups attached to an aromatic ring is 1. The van der Waals surface area contributed by atoms with Crippen LogP contribution in [0.4, 0.5) is 17.3 Å². The Morgan fingerprint density at radius 3 is 2.77 bits per heavy atom. The van der Waals surface area contributed by atoms with Crippen molar-refractivity contribution in [3.63, 3.8) is 0 Å². The van der Waals surface area contributed by atoms with Gasteiger partial charge in [-0.05, 0) is 32.4 Å². The molecule has 0 bridgehead atoms. The minimum atomic E-state index is -0.587. The largest absolute Gasteiger partial charge is 0.378 e. The molecule has 0 saturated heterocycles. The summed E-state index contributed by atoms with van der Waals surface area (Å²) in [7, 11) is 0. The van der Waals surface area contributed by atoms with Crippen LogP contribution in [0.5, 0.6) is 0 Å². The molecule has 1 radical (unpaired) electrons. The number of nitro groups is 1. The van der Waals surface area contributed by atoms with Crippen molar-refractivity contribution in [1.29, 1.82) is 0 Å². The summed E-state index contributed by atoms with van der Waals surface area (Å²) in [6.07, 6.45) is 3.69. The van der Waals surface area contributed by atoms with Gasteiger partial charge in [0.25, 0.3) is 0 Å². The van der Waals surface area contributed by atoms with Gasteiger partial charge in [0.05, 0.1) is 4.92 Å². The number of carbonyl (C=O) groups excluding carboxylic acids is 1. The SMILES string of the molecule is [CH2]CC(Nc1ccc([N+](=O)[O-])c(N)n1)n1ccc(C(C)=O)c1. The van der Waals surface area contributed by atoms with E-state index in [4.69, 9.17) is 5.73 Å². The number of pyridine rings is 1. The maximum Gasteiger partial charge on any atom is 0.311 e. The number of rotatable bonds is 6. The molecule has 2 heterocycles. The van der Waals surface area contributed by atoms with Crippen molar-refractivity contribution in [3.05, 3.63) is 53.2 Å². The zero-order chi connectivity index (χ0) is 16.3. The molecule has 1 unspecified atom stereocenters. The minimum absolute atomic E-state index is 0.0285. The highest BCUT2D eigenvalue weighted by Crippen LogP contribution is 2.23. The van der Waals surface area contributed by atoms with Gasteiger partial charge in [0.2, 0.25) is 5.82 Å². The first-order valence-electron chi connectivity index (χ1n) is 6.57. The van der Waals surface area contributed by atoms with Crippen LogP contribution in [0.2, 0.25) is 0 Å². The van der Waals surface area contributed by atoms with Gasteiger partial charge in [0.15, 0.2) is 5.78 Å². The monoisotopic (exact) mass is 302 g/mol. The van der Waals surface area contributed by atoms with Crippen molar-refractivity contribution in [2.24, 2.45) is 0 Å². The van der Waals surface area contributed by atoms with Gasteiger partial charge in [-0.3, -0.25) is 14.9 Å². The van der Waals surface area contributed by atoms with E-state index in [9.17, 15) is 14.9 Å². The highest BCUT2D eigenvalue weighted by molar-refractivity contribution is 5.93. The summed E-state index contributed by atoms with van der Waals surface area (Å²) in [5.41, 5.74) is 5.92. The highest BCUT2D eigenvalue weighted by Gasteiger charge is 2.15. The normalized spacial score (nSPS) is 11.9. The number of carbonyl (C=O) groups is 1. The number of Topliss-reactive ketones (excluding diaryl/α,β-unsaturated/α-hetero) is 1. The Morgan fingerprint density at radius 1 is 1.55 bits per heavy atom. The summed E-state index contributed by atoms with van der Waals surface area (Å²) < 4.78 is 1.79. The van der Waals surface area contributed by atoms with E-state index in [1.165, 1.54) is 19.1 Å². The number of nitrogens with zero attached hydrogens (tertiary/aromatic N) is 3. The standard InChI is InChI=1S/C14H16N5O3/c1-3-13(18-7-6-10(8-18)9(2)20)16-12-5-4-11(19(21)22)14(15)17-12/h4-8,13H,1,3H2,2H3,(H3,15,16,17). The zero-order valence-electron chi connectivity index (χ0n) is 12.0. The van der Waals surface area contributed by atoms with Gasteiger partial charge in [-0.15, -0.1) is 0 Å². The summed E-state index contributed by atoms with van der Waals surface area (Å²) in [6.45, 7) is 5.34. The van der Waals surface area contributed by atoms with Crippen LogP contribution < -0.4 is 11.1 Å². The Balaban J connectivity index is 2.21. The van der Waals surface area contributed by atoms with Gasteiger partial charge < -0.3 is 15.6 Å². The molecule has 0 aliphatic heterocycles. The van der Waals surface area contributed by atoms with Crippen molar-refractivity contribution < 1.29 is 9.72 Å². The van der Waals surface area contributed by atoms with Gasteiger partial charge in [-0.25, -0.2) is 4.98 Å². The fraction of sp³-hybridized carbons (Fsp3) is 0.214. The van der Waals surface area contributed by atoms with Crippen LogP contribution in [0.1, 0.15) is 29.9 Å². The molecule has 0 spiro atoms. The van der Waals surface area contributed by atoms with Crippen molar-refractivity contribution in [2.75, 3.05) is 11.1 Å². The number of nitrogens with one attached hydrogen (secondary N) is 1. The van der Waals surface area contributed by atoms with Gasteiger partial charge in [0, 0.05) is 24.0 Å². The quantitative estimate of drug-likeness (QED) is 0.481. The van der Waals surface area contributed by atoms with E-state index in [0.717, 1.165) is 0 Å². The molecule has 8 heteroatoms. The van der Waals surface area contributed by atoms with Crippen molar-refractivity contribution in [1.82, 2.24) is 9.55 Å². The van der Waals surface area contributed by atoms with Gasteiger partial charge in [-0.1, -0.05) is 0 Å². The smallest absolute Gasteiger partial charge is 0.311 e. The second kappa shape index (κ2) is 6.25. The predicted octanol–water partition coefficient (Wildman–Crippen LogP) is 2.41. The van der Waals surface area contributed by atoms with Crippen LogP contribution in [-0.2, 0) is 0 Å². The van der Waals surface area contributed by atoms with Gasteiger partial charge in [0.1, 0.15) is 12.0 Å². The maximum atomic E-state index is 11.3. The Bertz CT molecular complexity index is 710. The van der Waals surface area contributed by atoms with Crippen LogP contribution in [0.25, 0.3) is 0 Å². The summed E-state index contributed by atoms with van der Waals surface area (Å²) in [5.74, 6) is 0.212. The number of hydrogen-bond donors (Lipinski definition) is 2. The van der Waals surface area contributed by atoms with Crippen LogP contribution in [0, 0.1) is 17.0 Å². The first kappa shape index (κ1) is 15.5. The van der Waals surface area contributed by atoms with Crippen LogP contribution in [-0.4, -0.2) is 20.3 Å². The van der Waals surface area contributed by atoms with Crippen LogP contribution in [0.3, 0.4) is 0 Å². The summed E-state index contributed by atoms with van der Waals surface area (Å²) in [6, 6.07) is 4.48. The summed E-state index contributed by atoms with van der Waals surface area (Å²) >= 11 is 0. The summed E-state index contributed by atoms with van der Waals surface area (Å²) in [5, 5.41) is 13.8. The molecule has 0 amide bonds. The third-order valence-corrected chi connectivity index (χ3v) is 3.17. The van der Waals surface area contributed by atoms with E-state index >= 15 is 0 Å². The number of ketones is 1. The Labute approximate surface area is 127 Å². The van der Waals surface area contributed by atoms with Crippen molar-refractivity contribution in [2.45, 2.75) is 19.5 Å². The van der Waals surface area contributed by atoms with Crippen molar-refractivity contribution in [3.8, 4) is 0 Å². The van der Waals surface area contributed by atoms with E-state index in [-0.39, 0.29) is 23.5 Å². The van der Waals surface area contributed by atoms with E-state index in [1.807, 2.05) is 0 Å². The topological polar surface area (TPSA) is 116 Å². The molecule has 2 aromatic rings. The highest BCUT2D eigenvalue weighted by atomic mass is 16.6. The van der Waals surface area contributed by atoms with E-state index < -0.39 is 4.92 Å². The number of nitrogens with two attached hydrogens (primary N) is 1. The second-order valence-corrected chi connectivity index (χ2v) is 4.71.